The third-order valence-electron chi connectivity index (χ3n) is 4.66. The predicted octanol–water partition coefficient (Wildman–Crippen LogP) is 4.61. The van der Waals surface area contributed by atoms with E-state index in [4.69, 9.17) is 34.8 Å². The lowest BCUT2D eigenvalue weighted by Gasteiger charge is -2.35. The summed E-state index contributed by atoms with van der Waals surface area (Å²) >= 11 is 18.0. The molecule has 8 heteroatoms. The van der Waals surface area contributed by atoms with Gasteiger partial charge in [-0.25, -0.2) is 0 Å². The van der Waals surface area contributed by atoms with Crippen molar-refractivity contribution in [3.8, 4) is 0 Å². The lowest BCUT2D eigenvalue weighted by Crippen LogP contribution is -2.48. The minimum absolute atomic E-state index is 0.0597. The number of piperazine rings is 1. The molecule has 1 N–H and O–H groups in total. The fraction of sp³-hybridized carbons (Fsp3) is 0.300. The SMILES string of the molecule is CC(=O)c1ccc(N2CCN(CC(=O)Nc3cc(Cl)c(Cl)cc3Cl)CC2)cc1. The van der Waals surface area contributed by atoms with Crippen LogP contribution in [0.25, 0.3) is 0 Å². The van der Waals surface area contributed by atoms with Crippen LogP contribution in [-0.2, 0) is 4.79 Å². The van der Waals surface area contributed by atoms with Crippen molar-refractivity contribution in [2.24, 2.45) is 0 Å². The molecular formula is C20H20Cl3N3O2. The number of anilines is 2. The second kappa shape index (κ2) is 9.14. The van der Waals surface area contributed by atoms with Crippen LogP contribution in [0, 0.1) is 0 Å². The Morgan fingerprint density at radius 3 is 2.14 bits per heavy atom. The Hall–Kier alpha value is -1.79. The van der Waals surface area contributed by atoms with E-state index >= 15 is 0 Å². The maximum atomic E-state index is 12.3. The molecule has 148 valence electrons. The number of hydrogen-bond acceptors (Lipinski definition) is 4. The van der Waals surface area contributed by atoms with Crippen molar-refractivity contribution in [1.82, 2.24) is 4.90 Å². The molecule has 1 saturated heterocycles. The summed E-state index contributed by atoms with van der Waals surface area (Å²) in [6.45, 7) is 4.96. The molecule has 1 aliphatic rings. The zero-order valence-electron chi connectivity index (χ0n) is 15.3. The van der Waals surface area contributed by atoms with E-state index in [-0.39, 0.29) is 18.2 Å². The molecule has 3 rings (SSSR count). The fourth-order valence-corrected chi connectivity index (χ4v) is 3.68. The molecule has 1 fully saturated rings. The van der Waals surface area contributed by atoms with Gasteiger partial charge < -0.3 is 10.2 Å². The summed E-state index contributed by atoms with van der Waals surface area (Å²) in [6, 6.07) is 10.7. The van der Waals surface area contributed by atoms with Gasteiger partial charge in [-0.3, -0.25) is 14.5 Å². The van der Waals surface area contributed by atoms with Crippen molar-refractivity contribution >= 4 is 57.9 Å². The topological polar surface area (TPSA) is 52.7 Å². The molecule has 28 heavy (non-hydrogen) atoms. The molecule has 0 bridgehead atoms. The Kier molecular flexibility index (Phi) is 6.83. The lowest BCUT2D eigenvalue weighted by atomic mass is 10.1. The first-order valence-corrected chi connectivity index (χ1v) is 9.99. The number of hydrogen-bond donors (Lipinski definition) is 1. The van der Waals surface area contributed by atoms with Crippen LogP contribution < -0.4 is 10.2 Å². The van der Waals surface area contributed by atoms with Crippen molar-refractivity contribution in [2.75, 3.05) is 42.9 Å². The van der Waals surface area contributed by atoms with Gasteiger partial charge in [0.25, 0.3) is 0 Å². The van der Waals surface area contributed by atoms with Crippen LogP contribution in [-0.4, -0.2) is 49.3 Å². The van der Waals surface area contributed by atoms with E-state index in [2.05, 4.69) is 15.1 Å². The van der Waals surface area contributed by atoms with Crippen LogP contribution in [0.4, 0.5) is 11.4 Å². The first kappa shape index (κ1) is 20.9. The second-order valence-corrected chi connectivity index (χ2v) is 7.88. The average molecular weight is 441 g/mol. The number of nitrogens with zero attached hydrogens (tertiary/aromatic N) is 2. The molecule has 0 aliphatic carbocycles. The van der Waals surface area contributed by atoms with E-state index in [1.165, 1.54) is 6.07 Å². The molecular weight excluding hydrogens is 421 g/mol. The highest BCUT2D eigenvalue weighted by atomic mass is 35.5. The second-order valence-electron chi connectivity index (χ2n) is 6.66. The van der Waals surface area contributed by atoms with E-state index in [9.17, 15) is 9.59 Å². The van der Waals surface area contributed by atoms with E-state index < -0.39 is 0 Å². The summed E-state index contributed by atoms with van der Waals surface area (Å²) in [5.41, 5.74) is 2.24. The number of carbonyl (C=O) groups is 2. The molecule has 1 amide bonds. The van der Waals surface area contributed by atoms with Crippen molar-refractivity contribution in [3.63, 3.8) is 0 Å². The Labute approximate surface area is 179 Å². The van der Waals surface area contributed by atoms with Crippen LogP contribution in [0.1, 0.15) is 17.3 Å². The van der Waals surface area contributed by atoms with E-state index in [1.54, 1.807) is 13.0 Å². The number of nitrogens with one attached hydrogen (secondary N) is 1. The van der Waals surface area contributed by atoms with Gasteiger partial charge in [0.15, 0.2) is 5.78 Å². The highest BCUT2D eigenvalue weighted by molar-refractivity contribution is 6.44. The first-order valence-electron chi connectivity index (χ1n) is 8.86. The Morgan fingerprint density at radius 1 is 0.929 bits per heavy atom. The van der Waals surface area contributed by atoms with E-state index in [0.29, 0.717) is 26.3 Å². The highest BCUT2D eigenvalue weighted by Gasteiger charge is 2.20. The molecule has 0 atom stereocenters. The third-order valence-corrected chi connectivity index (χ3v) is 5.70. The molecule has 0 unspecified atom stereocenters. The van der Waals surface area contributed by atoms with Gasteiger partial charge in [0, 0.05) is 37.4 Å². The normalized spacial score (nSPS) is 14.8. The van der Waals surface area contributed by atoms with Gasteiger partial charge in [0.05, 0.1) is 27.3 Å². The van der Waals surface area contributed by atoms with Crippen molar-refractivity contribution in [2.45, 2.75) is 6.92 Å². The number of ketones is 1. The molecule has 2 aromatic rings. The monoisotopic (exact) mass is 439 g/mol. The maximum absolute atomic E-state index is 12.3. The molecule has 1 heterocycles. The summed E-state index contributed by atoms with van der Waals surface area (Å²) in [7, 11) is 0. The van der Waals surface area contributed by atoms with Crippen LogP contribution in [0.3, 0.4) is 0 Å². The summed E-state index contributed by atoms with van der Waals surface area (Å²) in [4.78, 5) is 28.1. The van der Waals surface area contributed by atoms with Gasteiger partial charge in [0.1, 0.15) is 0 Å². The van der Waals surface area contributed by atoms with Gasteiger partial charge in [-0.1, -0.05) is 34.8 Å². The molecule has 0 spiro atoms. The molecule has 0 radical (unpaired) electrons. The minimum atomic E-state index is -0.153. The number of rotatable bonds is 5. The summed E-state index contributed by atoms with van der Waals surface area (Å²) < 4.78 is 0. The first-order chi connectivity index (χ1) is 13.3. The number of amides is 1. The maximum Gasteiger partial charge on any atom is 0.238 e. The van der Waals surface area contributed by atoms with Gasteiger partial charge in [-0.05, 0) is 43.3 Å². The van der Waals surface area contributed by atoms with Crippen LogP contribution in [0.5, 0.6) is 0 Å². The van der Waals surface area contributed by atoms with Gasteiger partial charge in [-0.15, -0.1) is 0 Å². The number of Topliss-reactive ketones (excluding diaryl/α,β-unsaturated/α-hetero) is 1. The van der Waals surface area contributed by atoms with Crippen molar-refractivity contribution < 1.29 is 9.59 Å². The van der Waals surface area contributed by atoms with Crippen LogP contribution in [0.15, 0.2) is 36.4 Å². The van der Waals surface area contributed by atoms with Crippen LogP contribution in [0.2, 0.25) is 15.1 Å². The van der Waals surface area contributed by atoms with Gasteiger partial charge in [0.2, 0.25) is 5.91 Å². The molecule has 5 nitrogen and oxygen atoms in total. The average Bonchev–Trinajstić information content (AvgIpc) is 2.67. The molecule has 0 aromatic heterocycles. The van der Waals surface area contributed by atoms with Crippen molar-refractivity contribution in [1.29, 1.82) is 0 Å². The van der Waals surface area contributed by atoms with E-state index in [0.717, 1.165) is 31.9 Å². The zero-order valence-corrected chi connectivity index (χ0v) is 17.6. The summed E-state index contributed by atoms with van der Waals surface area (Å²) in [5.74, 6) is -0.0935. The Balaban J connectivity index is 1.52. The van der Waals surface area contributed by atoms with Crippen LogP contribution >= 0.6 is 34.8 Å². The Morgan fingerprint density at radius 2 is 1.54 bits per heavy atom. The minimum Gasteiger partial charge on any atom is -0.369 e. The number of halogens is 3. The molecule has 0 saturated carbocycles. The number of carbonyl (C=O) groups excluding carboxylic acids is 2. The standard InChI is InChI=1S/C20H20Cl3N3O2/c1-13(27)14-2-4-15(5-3-14)26-8-6-25(7-9-26)12-20(28)24-19-11-17(22)16(21)10-18(19)23/h2-5,10-11H,6-9,12H2,1H3,(H,24,28). The quantitative estimate of drug-likeness (QED) is 0.545. The molecule has 2 aromatic carbocycles. The number of benzene rings is 2. The van der Waals surface area contributed by atoms with Gasteiger partial charge in [-0.2, -0.15) is 0 Å². The van der Waals surface area contributed by atoms with Crippen molar-refractivity contribution in [3.05, 3.63) is 57.0 Å². The van der Waals surface area contributed by atoms with E-state index in [1.807, 2.05) is 24.3 Å². The summed E-state index contributed by atoms with van der Waals surface area (Å²) in [6.07, 6.45) is 0. The lowest BCUT2D eigenvalue weighted by molar-refractivity contribution is -0.117. The zero-order chi connectivity index (χ0) is 20.3. The summed E-state index contributed by atoms with van der Waals surface area (Å²) in [5, 5.41) is 3.82. The predicted molar refractivity (Wildman–Crippen MR) is 115 cm³/mol. The smallest absolute Gasteiger partial charge is 0.238 e. The fourth-order valence-electron chi connectivity index (χ4n) is 3.08. The molecule has 1 aliphatic heterocycles. The third kappa shape index (κ3) is 5.17. The Bertz CT molecular complexity index is 879. The highest BCUT2D eigenvalue weighted by Crippen LogP contribution is 2.32. The van der Waals surface area contributed by atoms with Gasteiger partial charge >= 0.3 is 0 Å². The largest absolute Gasteiger partial charge is 0.369 e.